The summed E-state index contributed by atoms with van der Waals surface area (Å²) in [5.41, 5.74) is 2.21. The molecule has 1 fully saturated rings. The van der Waals surface area contributed by atoms with Gasteiger partial charge in [-0.2, -0.15) is 20.9 Å². The molecule has 0 aliphatic carbocycles. The van der Waals surface area contributed by atoms with Crippen molar-refractivity contribution in [2.75, 3.05) is 26.2 Å². The fourth-order valence-corrected chi connectivity index (χ4v) is 6.16. The molecule has 30 heavy (non-hydrogen) atoms. The number of carbonyl (C=O) groups excluding carboxylic acids is 1. The second kappa shape index (κ2) is 8.65. The van der Waals surface area contributed by atoms with E-state index in [2.05, 4.69) is 4.98 Å². The maximum atomic E-state index is 12.8. The van der Waals surface area contributed by atoms with E-state index in [0.717, 1.165) is 16.3 Å². The van der Waals surface area contributed by atoms with Crippen molar-refractivity contribution < 1.29 is 13.2 Å². The molecule has 3 heterocycles. The lowest BCUT2D eigenvalue weighted by Crippen LogP contribution is -2.50. The highest BCUT2D eigenvalue weighted by Gasteiger charge is 2.30. The van der Waals surface area contributed by atoms with E-state index in [4.69, 9.17) is 5.26 Å². The Morgan fingerprint density at radius 2 is 1.83 bits per heavy atom. The quantitative estimate of drug-likeness (QED) is 0.586. The average Bonchev–Trinajstić information content (AvgIpc) is 3.46. The van der Waals surface area contributed by atoms with Gasteiger partial charge in [0.05, 0.1) is 28.6 Å². The van der Waals surface area contributed by atoms with E-state index in [0.29, 0.717) is 18.7 Å². The topological polar surface area (TPSA) is 94.4 Å². The number of benzene rings is 1. The molecule has 1 saturated heterocycles. The van der Waals surface area contributed by atoms with Crippen molar-refractivity contribution in [2.24, 2.45) is 0 Å². The Morgan fingerprint density at radius 3 is 2.47 bits per heavy atom. The lowest BCUT2D eigenvalue weighted by Gasteiger charge is -2.34. The van der Waals surface area contributed by atoms with Gasteiger partial charge < -0.3 is 4.90 Å². The van der Waals surface area contributed by atoms with Crippen LogP contribution in [0.25, 0.3) is 10.6 Å². The highest BCUT2D eigenvalue weighted by molar-refractivity contribution is 7.89. The minimum atomic E-state index is -3.64. The number of hydrogen-bond donors (Lipinski definition) is 0. The number of amides is 1. The molecule has 3 aromatic rings. The van der Waals surface area contributed by atoms with Gasteiger partial charge in [-0.15, -0.1) is 11.3 Å². The molecular weight excluding hydrogens is 440 g/mol. The molecule has 0 saturated carbocycles. The molecule has 7 nitrogen and oxygen atoms in total. The van der Waals surface area contributed by atoms with Crippen LogP contribution in [0.2, 0.25) is 0 Å². The van der Waals surface area contributed by atoms with Crippen LogP contribution < -0.4 is 0 Å². The Bertz CT molecular complexity index is 1170. The molecule has 1 aromatic carbocycles. The number of thiophene rings is 1. The van der Waals surface area contributed by atoms with Crippen molar-refractivity contribution in [2.45, 2.75) is 11.3 Å². The first-order valence-corrected chi connectivity index (χ1v) is 12.5. The number of aromatic nitrogens is 1. The third-order valence-electron chi connectivity index (χ3n) is 4.86. The lowest BCUT2D eigenvalue weighted by atomic mass is 10.2. The van der Waals surface area contributed by atoms with Crippen molar-refractivity contribution in [3.8, 4) is 16.6 Å². The Morgan fingerprint density at radius 1 is 1.10 bits per heavy atom. The zero-order valence-corrected chi connectivity index (χ0v) is 18.3. The molecule has 0 atom stereocenters. The molecule has 0 spiro atoms. The van der Waals surface area contributed by atoms with Crippen LogP contribution in [-0.4, -0.2) is 54.7 Å². The van der Waals surface area contributed by atoms with Crippen molar-refractivity contribution in [3.63, 3.8) is 0 Å². The number of nitrogens with zero attached hydrogens (tertiary/aromatic N) is 4. The number of sulfonamides is 1. The van der Waals surface area contributed by atoms with E-state index < -0.39 is 10.0 Å². The standard InChI is InChI=1S/C20H18N4O3S3/c21-12-15-1-3-18(4-2-15)30(26,27)24-8-6-23(7-9-24)19(25)11-17-14-29-20(22-17)16-5-10-28-13-16/h1-5,10,13-14H,6-9,11H2. The van der Waals surface area contributed by atoms with Gasteiger partial charge >= 0.3 is 0 Å². The van der Waals surface area contributed by atoms with Gasteiger partial charge in [0.15, 0.2) is 0 Å². The van der Waals surface area contributed by atoms with E-state index in [1.165, 1.54) is 39.9 Å². The van der Waals surface area contributed by atoms with Crippen LogP contribution in [0.4, 0.5) is 0 Å². The van der Waals surface area contributed by atoms with Gasteiger partial charge in [-0.1, -0.05) is 0 Å². The van der Waals surface area contributed by atoms with Gasteiger partial charge in [0.2, 0.25) is 15.9 Å². The molecule has 1 aliphatic heterocycles. The maximum absolute atomic E-state index is 12.8. The predicted octanol–water partition coefficient (Wildman–Crippen LogP) is 2.82. The molecule has 10 heteroatoms. The van der Waals surface area contributed by atoms with Gasteiger partial charge in [0.25, 0.3) is 0 Å². The lowest BCUT2D eigenvalue weighted by molar-refractivity contribution is -0.131. The fraction of sp³-hybridized carbons (Fsp3) is 0.250. The van der Waals surface area contributed by atoms with Gasteiger partial charge in [0, 0.05) is 42.5 Å². The summed E-state index contributed by atoms with van der Waals surface area (Å²) in [7, 11) is -3.64. The van der Waals surface area contributed by atoms with Crippen LogP contribution >= 0.6 is 22.7 Å². The smallest absolute Gasteiger partial charge is 0.243 e. The SMILES string of the molecule is N#Cc1ccc(S(=O)(=O)N2CCN(C(=O)Cc3csc(-c4ccsc4)n3)CC2)cc1. The summed E-state index contributed by atoms with van der Waals surface area (Å²) in [4.78, 5) is 19.0. The molecule has 0 unspecified atom stereocenters. The molecule has 0 radical (unpaired) electrons. The van der Waals surface area contributed by atoms with Gasteiger partial charge in [-0.05, 0) is 35.7 Å². The molecule has 4 rings (SSSR count). The summed E-state index contributed by atoms with van der Waals surface area (Å²) in [5, 5.41) is 15.7. The Hall–Kier alpha value is -2.58. The second-order valence-corrected chi connectivity index (χ2v) is 10.3. The number of thiazole rings is 1. The van der Waals surface area contributed by atoms with Crippen LogP contribution in [0, 0.1) is 11.3 Å². The number of rotatable bonds is 5. The normalized spacial score (nSPS) is 15.1. The summed E-state index contributed by atoms with van der Waals surface area (Å²) >= 11 is 3.12. The Kier molecular flexibility index (Phi) is 5.97. The Balaban J connectivity index is 1.35. The van der Waals surface area contributed by atoms with E-state index in [9.17, 15) is 13.2 Å². The van der Waals surface area contributed by atoms with Crippen LogP contribution in [0.3, 0.4) is 0 Å². The molecule has 154 valence electrons. The fourth-order valence-electron chi connectivity index (χ4n) is 3.20. The Labute approximate surface area is 182 Å². The third-order valence-corrected chi connectivity index (χ3v) is 8.40. The van der Waals surface area contributed by atoms with Crippen molar-refractivity contribution in [1.82, 2.24) is 14.2 Å². The molecular formula is C20H18N4O3S3. The van der Waals surface area contributed by atoms with Crippen LogP contribution in [0.15, 0.2) is 51.4 Å². The van der Waals surface area contributed by atoms with Crippen molar-refractivity contribution >= 4 is 38.6 Å². The highest BCUT2D eigenvalue weighted by atomic mass is 32.2. The van der Waals surface area contributed by atoms with E-state index >= 15 is 0 Å². The van der Waals surface area contributed by atoms with Crippen LogP contribution in [0.1, 0.15) is 11.3 Å². The largest absolute Gasteiger partial charge is 0.340 e. The van der Waals surface area contributed by atoms with Crippen molar-refractivity contribution in [3.05, 3.63) is 57.7 Å². The first-order chi connectivity index (χ1) is 14.5. The third kappa shape index (κ3) is 4.29. The summed E-state index contributed by atoms with van der Waals surface area (Å²) in [6.07, 6.45) is 0.211. The number of carbonyl (C=O) groups is 1. The molecule has 0 N–H and O–H groups in total. The highest BCUT2D eigenvalue weighted by Crippen LogP contribution is 2.26. The van der Waals surface area contributed by atoms with E-state index in [-0.39, 0.29) is 30.3 Å². The molecule has 1 amide bonds. The minimum absolute atomic E-state index is 0.0485. The number of nitriles is 1. The average molecular weight is 459 g/mol. The summed E-state index contributed by atoms with van der Waals surface area (Å²) in [5.74, 6) is -0.0485. The van der Waals surface area contributed by atoms with Gasteiger partial charge in [0.1, 0.15) is 5.01 Å². The van der Waals surface area contributed by atoms with E-state index in [1.54, 1.807) is 16.2 Å². The number of piperazine rings is 1. The van der Waals surface area contributed by atoms with E-state index in [1.807, 2.05) is 28.3 Å². The van der Waals surface area contributed by atoms with Gasteiger partial charge in [-0.3, -0.25) is 4.79 Å². The summed E-state index contributed by atoms with van der Waals surface area (Å²) in [6, 6.07) is 9.85. The predicted molar refractivity (Wildman–Crippen MR) is 116 cm³/mol. The maximum Gasteiger partial charge on any atom is 0.243 e. The minimum Gasteiger partial charge on any atom is -0.340 e. The van der Waals surface area contributed by atoms with Crippen LogP contribution in [-0.2, 0) is 21.2 Å². The molecule has 2 aromatic heterocycles. The zero-order valence-electron chi connectivity index (χ0n) is 15.9. The monoisotopic (exact) mass is 458 g/mol. The summed E-state index contributed by atoms with van der Waals surface area (Å²) in [6.45, 7) is 1.17. The first-order valence-electron chi connectivity index (χ1n) is 9.22. The van der Waals surface area contributed by atoms with Gasteiger partial charge in [-0.25, -0.2) is 13.4 Å². The zero-order chi connectivity index (χ0) is 21.1. The van der Waals surface area contributed by atoms with Crippen molar-refractivity contribution in [1.29, 1.82) is 5.26 Å². The summed E-state index contributed by atoms with van der Waals surface area (Å²) < 4.78 is 27.0. The number of hydrogen-bond acceptors (Lipinski definition) is 7. The first kappa shape index (κ1) is 20.7. The molecule has 0 bridgehead atoms. The molecule has 1 aliphatic rings. The second-order valence-electron chi connectivity index (χ2n) is 6.75. The van der Waals surface area contributed by atoms with Crippen LogP contribution in [0.5, 0.6) is 0 Å².